The van der Waals surface area contributed by atoms with Crippen molar-refractivity contribution in [3.8, 4) is 0 Å². The molecule has 0 aromatic heterocycles. The van der Waals surface area contributed by atoms with Gasteiger partial charge in [-0.2, -0.15) is 0 Å². The van der Waals surface area contributed by atoms with Crippen molar-refractivity contribution in [2.45, 2.75) is 0 Å². The molecule has 2 rings (SSSR count). The Morgan fingerprint density at radius 2 is 2.00 bits per heavy atom. The van der Waals surface area contributed by atoms with Crippen molar-refractivity contribution in [1.82, 2.24) is 10.6 Å². The molecule has 2 N–H and O–H groups in total. The highest BCUT2D eigenvalue weighted by molar-refractivity contribution is 6.41. The van der Waals surface area contributed by atoms with Crippen molar-refractivity contribution in [3.05, 3.63) is 29.8 Å². The molecule has 0 bridgehead atoms. The van der Waals surface area contributed by atoms with Gasteiger partial charge in [-0.25, -0.2) is 0 Å². The molecule has 1 aliphatic rings. The fraction of sp³-hybridized carbons (Fsp3) is 0.308. The van der Waals surface area contributed by atoms with Crippen LogP contribution in [0.5, 0.6) is 0 Å². The SMILES string of the molecule is CNCC(=O)c1ccc(N2CCNC(=O)C2=O)cc1. The lowest BCUT2D eigenvalue weighted by Crippen LogP contribution is -2.52. The van der Waals surface area contributed by atoms with Gasteiger partial charge in [-0.15, -0.1) is 0 Å². The van der Waals surface area contributed by atoms with E-state index < -0.39 is 11.8 Å². The van der Waals surface area contributed by atoms with Gasteiger partial charge in [-0.05, 0) is 31.3 Å². The van der Waals surface area contributed by atoms with Gasteiger partial charge in [0.25, 0.3) is 0 Å². The number of hydrogen-bond acceptors (Lipinski definition) is 4. The molecule has 2 amide bonds. The van der Waals surface area contributed by atoms with Crippen LogP contribution < -0.4 is 15.5 Å². The summed E-state index contributed by atoms with van der Waals surface area (Å²) in [5, 5.41) is 5.28. The fourth-order valence-electron chi connectivity index (χ4n) is 1.92. The number of likely N-dealkylation sites (N-methyl/N-ethyl adjacent to an activating group) is 1. The van der Waals surface area contributed by atoms with Crippen LogP contribution >= 0.6 is 0 Å². The molecule has 0 aliphatic carbocycles. The van der Waals surface area contributed by atoms with Crippen LogP contribution in [0, 0.1) is 0 Å². The van der Waals surface area contributed by atoms with E-state index in [0.717, 1.165) is 0 Å². The van der Waals surface area contributed by atoms with Crippen LogP contribution in [-0.2, 0) is 9.59 Å². The largest absolute Gasteiger partial charge is 0.346 e. The molecule has 0 saturated carbocycles. The van der Waals surface area contributed by atoms with E-state index in [1.54, 1.807) is 31.3 Å². The lowest BCUT2D eigenvalue weighted by atomic mass is 10.1. The summed E-state index contributed by atoms with van der Waals surface area (Å²) < 4.78 is 0. The number of carbonyl (C=O) groups is 3. The Hall–Kier alpha value is -2.21. The smallest absolute Gasteiger partial charge is 0.316 e. The summed E-state index contributed by atoms with van der Waals surface area (Å²) >= 11 is 0. The minimum atomic E-state index is -0.596. The number of hydrogen-bond donors (Lipinski definition) is 2. The highest BCUT2D eigenvalue weighted by atomic mass is 16.2. The zero-order valence-electron chi connectivity index (χ0n) is 10.6. The first-order valence-electron chi connectivity index (χ1n) is 6.01. The van der Waals surface area contributed by atoms with E-state index in [4.69, 9.17) is 0 Å². The number of nitrogens with one attached hydrogen (secondary N) is 2. The summed E-state index contributed by atoms with van der Waals surface area (Å²) in [6.07, 6.45) is 0. The molecule has 0 radical (unpaired) electrons. The molecular formula is C13H15N3O3. The molecular weight excluding hydrogens is 246 g/mol. The Labute approximate surface area is 110 Å². The molecule has 1 saturated heterocycles. The van der Waals surface area contributed by atoms with E-state index in [9.17, 15) is 14.4 Å². The Kier molecular flexibility index (Phi) is 3.91. The zero-order valence-corrected chi connectivity index (χ0v) is 10.6. The molecule has 6 nitrogen and oxygen atoms in total. The molecule has 19 heavy (non-hydrogen) atoms. The predicted molar refractivity (Wildman–Crippen MR) is 70.1 cm³/mol. The van der Waals surface area contributed by atoms with Gasteiger partial charge in [-0.3, -0.25) is 14.4 Å². The molecule has 1 aromatic rings. The summed E-state index contributed by atoms with van der Waals surface area (Å²) in [4.78, 5) is 36.0. The van der Waals surface area contributed by atoms with Crippen LogP contribution in [0.15, 0.2) is 24.3 Å². The van der Waals surface area contributed by atoms with Gasteiger partial charge in [0, 0.05) is 24.3 Å². The Bertz CT molecular complexity index is 510. The van der Waals surface area contributed by atoms with Gasteiger partial charge in [0.15, 0.2) is 5.78 Å². The highest BCUT2D eigenvalue weighted by Gasteiger charge is 2.27. The van der Waals surface area contributed by atoms with Gasteiger partial charge in [0.2, 0.25) is 0 Å². The molecule has 1 aromatic carbocycles. The first-order chi connectivity index (χ1) is 9.13. The van der Waals surface area contributed by atoms with Crippen molar-refractivity contribution in [1.29, 1.82) is 0 Å². The third-order valence-corrected chi connectivity index (χ3v) is 2.90. The van der Waals surface area contributed by atoms with E-state index in [1.165, 1.54) is 4.90 Å². The van der Waals surface area contributed by atoms with Crippen LogP contribution in [0.3, 0.4) is 0 Å². The summed E-state index contributed by atoms with van der Waals surface area (Å²) in [7, 11) is 1.71. The molecule has 1 aliphatic heterocycles. The second kappa shape index (κ2) is 5.62. The summed E-state index contributed by atoms with van der Waals surface area (Å²) in [6, 6.07) is 6.68. The summed E-state index contributed by atoms with van der Waals surface area (Å²) in [5.41, 5.74) is 1.20. The van der Waals surface area contributed by atoms with E-state index >= 15 is 0 Å². The third-order valence-electron chi connectivity index (χ3n) is 2.90. The van der Waals surface area contributed by atoms with E-state index in [2.05, 4.69) is 10.6 Å². The molecule has 6 heteroatoms. The minimum Gasteiger partial charge on any atom is -0.346 e. The minimum absolute atomic E-state index is 0.0169. The molecule has 0 atom stereocenters. The molecule has 0 spiro atoms. The van der Waals surface area contributed by atoms with Gasteiger partial charge >= 0.3 is 11.8 Å². The van der Waals surface area contributed by atoms with Crippen molar-refractivity contribution in [3.63, 3.8) is 0 Å². The van der Waals surface area contributed by atoms with Crippen LogP contribution in [0.2, 0.25) is 0 Å². The van der Waals surface area contributed by atoms with Crippen molar-refractivity contribution >= 4 is 23.3 Å². The van der Waals surface area contributed by atoms with Crippen LogP contribution in [0.25, 0.3) is 0 Å². The van der Waals surface area contributed by atoms with Gasteiger partial charge in [-0.1, -0.05) is 0 Å². The average Bonchev–Trinajstić information content (AvgIpc) is 2.42. The van der Waals surface area contributed by atoms with E-state index in [0.29, 0.717) is 24.3 Å². The van der Waals surface area contributed by atoms with Crippen molar-refractivity contribution in [2.24, 2.45) is 0 Å². The maximum atomic E-state index is 11.7. The van der Waals surface area contributed by atoms with Gasteiger partial charge < -0.3 is 15.5 Å². The number of rotatable bonds is 4. The van der Waals surface area contributed by atoms with Crippen LogP contribution in [0.4, 0.5) is 5.69 Å². The average molecular weight is 261 g/mol. The number of amides is 2. The van der Waals surface area contributed by atoms with E-state index in [1.807, 2.05) is 0 Å². The first kappa shape index (κ1) is 13.2. The van der Waals surface area contributed by atoms with E-state index in [-0.39, 0.29) is 12.3 Å². The number of Topliss-reactive ketones (excluding diaryl/α,β-unsaturated/α-hetero) is 1. The van der Waals surface area contributed by atoms with Gasteiger partial charge in [0.05, 0.1) is 6.54 Å². The number of ketones is 1. The number of carbonyl (C=O) groups excluding carboxylic acids is 3. The topological polar surface area (TPSA) is 78.5 Å². The third kappa shape index (κ3) is 2.79. The Morgan fingerprint density at radius 1 is 1.32 bits per heavy atom. The highest BCUT2D eigenvalue weighted by Crippen LogP contribution is 2.16. The molecule has 1 heterocycles. The number of piperazine rings is 1. The second-order valence-corrected chi connectivity index (χ2v) is 4.21. The van der Waals surface area contributed by atoms with Crippen molar-refractivity contribution < 1.29 is 14.4 Å². The quantitative estimate of drug-likeness (QED) is 0.568. The lowest BCUT2D eigenvalue weighted by molar-refractivity contribution is -0.138. The Morgan fingerprint density at radius 3 is 2.63 bits per heavy atom. The molecule has 1 fully saturated rings. The van der Waals surface area contributed by atoms with Gasteiger partial charge in [0.1, 0.15) is 0 Å². The maximum Gasteiger partial charge on any atom is 0.316 e. The number of anilines is 1. The number of benzene rings is 1. The fourth-order valence-corrected chi connectivity index (χ4v) is 1.92. The monoisotopic (exact) mass is 261 g/mol. The zero-order chi connectivity index (χ0) is 13.8. The Balaban J connectivity index is 2.16. The summed E-state index contributed by atoms with van der Waals surface area (Å²) in [5.74, 6) is -1.18. The molecule has 100 valence electrons. The normalized spacial score (nSPS) is 15.3. The first-order valence-corrected chi connectivity index (χ1v) is 6.01. The van der Waals surface area contributed by atoms with Crippen molar-refractivity contribution in [2.75, 3.05) is 31.6 Å². The standard InChI is InChI=1S/C13H15N3O3/c1-14-8-11(17)9-2-4-10(5-3-9)16-7-6-15-12(18)13(16)19/h2-5,14H,6-8H2,1H3,(H,15,18). The number of nitrogens with zero attached hydrogens (tertiary/aromatic N) is 1. The molecule has 0 unspecified atom stereocenters. The predicted octanol–water partition coefficient (Wildman–Crippen LogP) is -0.448. The van der Waals surface area contributed by atoms with Crippen LogP contribution in [-0.4, -0.2) is 44.3 Å². The van der Waals surface area contributed by atoms with Crippen LogP contribution in [0.1, 0.15) is 10.4 Å². The second-order valence-electron chi connectivity index (χ2n) is 4.21. The maximum absolute atomic E-state index is 11.7. The lowest BCUT2D eigenvalue weighted by Gasteiger charge is -2.26. The summed E-state index contributed by atoms with van der Waals surface area (Å²) in [6.45, 7) is 1.14.